The number of hydrogen-bond acceptors (Lipinski definition) is 7. The van der Waals surface area contributed by atoms with Crippen LogP contribution in [0.1, 0.15) is 41.2 Å². The normalized spacial score (nSPS) is 14.5. The van der Waals surface area contributed by atoms with Crippen LogP contribution < -0.4 is 16.0 Å². The van der Waals surface area contributed by atoms with Gasteiger partial charge in [0.1, 0.15) is 23.6 Å². The zero-order valence-electron chi connectivity index (χ0n) is 18.4. The van der Waals surface area contributed by atoms with Crippen LogP contribution in [0.3, 0.4) is 0 Å². The van der Waals surface area contributed by atoms with Crippen molar-refractivity contribution < 1.29 is 4.74 Å². The second-order valence-electron chi connectivity index (χ2n) is 8.07. The molecule has 0 saturated heterocycles. The van der Waals surface area contributed by atoms with Crippen molar-refractivity contribution in [2.45, 2.75) is 26.4 Å². The van der Waals surface area contributed by atoms with Crippen LogP contribution in [0, 0.1) is 18.3 Å². The fraction of sp³-hybridized carbons (Fsp3) is 0.208. The monoisotopic (exact) mass is 439 g/mol. The maximum atomic E-state index is 13.1. The minimum absolute atomic E-state index is 0.137. The summed E-state index contributed by atoms with van der Waals surface area (Å²) in [7, 11) is 1.70. The molecule has 2 N–H and O–H groups in total. The highest BCUT2D eigenvalue weighted by Gasteiger charge is 2.25. The number of nitrogens with zero attached hydrogens (tertiary/aromatic N) is 6. The third-order valence-electron chi connectivity index (χ3n) is 5.82. The summed E-state index contributed by atoms with van der Waals surface area (Å²) in [6.07, 6.45) is -0.132. The van der Waals surface area contributed by atoms with Gasteiger partial charge in [0, 0.05) is 36.9 Å². The van der Waals surface area contributed by atoms with Crippen LogP contribution in [0.2, 0.25) is 0 Å². The van der Waals surface area contributed by atoms with Crippen molar-refractivity contribution in [1.82, 2.24) is 24.5 Å². The SMILES string of the molecule is Cc1ccc2c(c1)[C@@H](C)Oc1cc(nnc1N)-c1c(nn(C)c1C#N)Cc1cccc(=O)n1-2. The van der Waals surface area contributed by atoms with Gasteiger partial charge >= 0.3 is 0 Å². The maximum Gasteiger partial charge on any atom is 0.255 e. The summed E-state index contributed by atoms with van der Waals surface area (Å²) < 4.78 is 9.42. The number of ether oxygens (including phenoxy) is 1. The summed E-state index contributed by atoms with van der Waals surface area (Å²) in [6.45, 7) is 3.88. The minimum atomic E-state index is -0.442. The van der Waals surface area contributed by atoms with E-state index < -0.39 is 6.10 Å². The van der Waals surface area contributed by atoms with Crippen molar-refractivity contribution in [3.05, 3.63) is 81.0 Å². The number of nitriles is 1. The van der Waals surface area contributed by atoms with E-state index in [1.54, 1.807) is 23.7 Å². The molecular weight excluding hydrogens is 418 g/mol. The fourth-order valence-corrected chi connectivity index (χ4v) is 4.27. The summed E-state index contributed by atoms with van der Waals surface area (Å²) in [6, 6.07) is 14.9. The molecule has 0 amide bonds. The first-order valence-corrected chi connectivity index (χ1v) is 10.5. The highest BCUT2D eigenvalue weighted by molar-refractivity contribution is 5.71. The lowest BCUT2D eigenvalue weighted by atomic mass is 10.0. The van der Waals surface area contributed by atoms with Crippen molar-refractivity contribution in [3.8, 4) is 28.8 Å². The van der Waals surface area contributed by atoms with E-state index in [0.29, 0.717) is 40.5 Å². The Balaban J connectivity index is 1.88. The Morgan fingerprint density at radius 3 is 2.82 bits per heavy atom. The lowest BCUT2D eigenvalue weighted by Gasteiger charge is -2.23. The van der Waals surface area contributed by atoms with E-state index in [1.807, 2.05) is 38.1 Å². The minimum Gasteiger partial charge on any atom is -0.482 e. The Morgan fingerprint density at radius 1 is 1.21 bits per heavy atom. The number of pyridine rings is 1. The summed E-state index contributed by atoms with van der Waals surface area (Å²) in [5.41, 5.74) is 11.1. The Bertz CT molecular complexity index is 1510. The highest BCUT2D eigenvalue weighted by atomic mass is 16.5. The fourth-order valence-electron chi connectivity index (χ4n) is 4.27. The van der Waals surface area contributed by atoms with Gasteiger partial charge in [-0.3, -0.25) is 14.0 Å². The average Bonchev–Trinajstić information content (AvgIpc) is 3.09. The van der Waals surface area contributed by atoms with Crippen molar-refractivity contribution in [1.29, 1.82) is 5.26 Å². The molecular formula is C24H21N7O2. The molecule has 4 heterocycles. The molecule has 0 saturated carbocycles. The molecule has 0 unspecified atom stereocenters. The second-order valence-corrected chi connectivity index (χ2v) is 8.07. The Labute approximate surface area is 189 Å². The van der Waals surface area contributed by atoms with Gasteiger partial charge < -0.3 is 10.5 Å². The topological polar surface area (TPSA) is 125 Å². The van der Waals surface area contributed by atoms with Gasteiger partial charge in [-0.05, 0) is 26.0 Å². The predicted molar refractivity (Wildman–Crippen MR) is 122 cm³/mol. The number of aromatic nitrogens is 5. The quantitative estimate of drug-likeness (QED) is 0.447. The van der Waals surface area contributed by atoms with Crippen molar-refractivity contribution in [3.63, 3.8) is 0 Å². The van der Waals surface area contributed by atoms with Crippen molar-refractivity contribution >= 4 is 5.82 Å². The second kappa shape index (κ2) is 7.60. The smallest absolute Gasteiger partial charge is 0.255 e. The van der Waals surface area contributed by atoms with Crippen molar-refractivity contribution in [2.24, 2.45) is 7.05 Å². The first-order chi connectivity index (χ1) is 15.9. The Morgan fingerprint density at radius 2 is 2.03 bits per heavy atom. The molecule has 0 fully saturated rings. The molecule has 1 aromatic carbocycles. The Hall–Kier alpha value is -4.45. The van der Waals surface area contributed by atoms with E-state index in [2.05, 4.69) is 21.4 Å². The number of anilines is 1. The third kappa shape index (κ3) is 3.32. The number of nitrogen functional groups attached to an aromatic ring is 1. The molecule has 0 spiro atoms. The van der Waals surface area contributed by atoms with Crippen LogP contribution >= 0.6 is 0 Å². The highest BCUT2D eigenvalue weighted by Crippen LogP contribution is 2.35. The van der Waals surface area contributed by atoms with Crippen LogP contribution in [0.25, 0.3) is 16.9 Å². The molecule has 33 heavy (non-hydrogen) atoms. The van der Waals surface area contributed by atoms with Gasteiger partial charge in [-0.1, -0.05) is 23.8 Å². The zero-order valence-corrected chi connectivity index (χ0v) is 18.4. The van der Waals surface area contributed by atoms with E-state index in [1.165, 1.54) is 10.7 Å². The summed E-state index contributed by atoms with van der Waals surface area (Å²) >= 11 is 0. The van der Waals surface area contributed by atoms with Crippen LogP contribution in [0.5, 0.6) is 5.75 Å². The lowest BCUT2D eigenvalue weighted by molar-refractivity contribution is 0.227. The van der Waals surface area contributed by atoms with E-state index in [-0.39, 0.29) is 11.4 Å². The van der Waals surface area contributed by atoms with Gasteiger partial charge in [-0.15, -0.1) is 10.2 Å². The maximum absolute atomic E-state index is 13.1. The molecule has 0 radical (unpaired) electrons. The van der Waals surface area contributed by atoms with Crippen LogP contribution in [0.4, 0.5) is 5.82 Å². The van der Waals surface area contributed by atoms with Gasteiger partial charge in [0.05, 0.1) is 16.9 Å². The third-order valence-corrected chi connectivity index (χ3v) is 5.82. The number of fused-ring (bicyclic) bond motifs is 7. The largest absolute Gasteiger partial charge is 0.482 e. The number of rotatable bonds is 0. The number of nitrogens with two attached hydrogens (primary N) is 1. The van der Waals surface area contributed by atoms with Gasteiger partial charge in [0.15, 0.2) is 11.6 Å². The molecule has 1 atom stereocenters. The molecule has 1 aliphatic rings. The molecule has 9 nitrogen and oxygen atoms in total. The summed E-state index contributed by atoms with van der Waals surface area (Å²) in [4.78, 5) is 13.1. The van der Waals surface area contributed by atoms with E-state index >= 15 is 0 Å². The van der Waals surface area contributed by atoms with Gasteiger partial charge in [-0.25, -0.2) is 0 Å². The van der Waals surface area contributed by atoms with E-state index in [0.717, 1.165) is 16.8 Å². The predicted octanol–water partition coefficient (Wildman–Crippen LogP) is 2.83. The van der Waals surface area contributed by atoms with E-state index in [4.69, 9.17) is 10.5 Å². The summed E-state index contributed by atoms with van der Waals surface area (Å²) in [5, 5.41) is 22.7. The first-order valence-electron chi connectivity index (χ1n) is 10.5. The molecule has 3 aromatic heterocycles. The molecule has 0 aliphatic carbocycles. The van der Waals surface area contributed by atoms with Crippen LogP contribution in [0.15, 0.2) is 47.3 Å². The number of benzene rings is 1. The zero-order chi connectivity index (χ0) is 23.3. The molecule has 2 bridgehead atoms. The van der Waals surface area contributed by atoms with Crippen LogP contribution in [-0.4, -0.2) is 24.5 Å². The average molecular weight is 439 g/mol. The summed E-state index contributed by atoms with van der Waals surface area (Å²) in [5.74, 6) is 0.484. The first kappa shape index (κ1) is 20.5. The van der Waals surface area contributed by atoms with Gasteiger partial charge in [0.25, 0.3) is 5.56 Å². The lowest BCUT2D eigenvalue weighted by Crippen LogP contribution is -2.23. The van der Waals surface area contributed by atoms with E-state index in [9.17, 15) is 10.1 Å². The van der Waals surface area contributed by atoms with Gasteiger partial charge in [0.2, 0.25) is 0 Å². The van der Waals surface area contributed by atoms with Gasteiger partial charge in [-0.2, -0.15) is 10.4 Å². The molecule has 9 heteroatoms. The standard InChI is InChI=1S/C24H21N7O2/c1-13-7-8-19-16(9-13)14(2)33-21-11-17(27-28-24(21)26)23-18(29-30(3)20(23)12-25)10-15-5-4-6-22(32)31(15)19/h4-9,11,14H,10H2,1-3H3,(H2,26,28)/t14-/m1/s1. The number of hydrogen-bond donors (Lipinski definition) is 1. The molecule has 164 valence electrons. The van der Waals surface area contributed by atoms with Crippen molar-refractivity contribution in [2.75, 3.05) is 5.73 Å². The molecule has 1 aliphatic heterocycles. The molecule has 4 aromatic rings. The Kier molecular flexibility index (Phi) is 4.71. The number of aryl methyl sites for hydroxylation is 2. The van der Waals surface area contributed by atoms with Crippen LogP contribution in [-0.2, 0) is 13.5 Å². The molecule has 5 rings (SSSR count).